The van der Waals surface area contributed by atoms with Gasteiger partial charge < -0.3 is 4.90 Å². The van der Waals surface area contributed by atoms with Gasteiger partial charge in [-0.1, -0.05) is 6.92 Å². The zero-order chi connectivity index (χ0) is 14.6. The number of aryl methyl sites for hydroxylation is 1. The van der Waals surface area contributed by atoms with Crippen LogP contribution < -0.4 is 4.90 Å². The average Bonchev–Trinajstić information content (AvgIpc) is 2.48. The molecule has 2 rings (SSSR count). The lowest BCUT2D eigenvalue weighted by Crippen LogP contribution is -2.37. The van der Waals surface area contributed by atoms with Crippen molar-refractivity contribution in [1.82, 2.24) is 9.97 Å². The normalized spacial score (nSPS) is 17.4. The number of hydrogen-bond donors (Lipinski definition) is 0. The van der Waals surface area contributed by atoms with Gasteiger partial charge in [0, 0.05) is 25.5 Å². The summed E-state index contributed by atoms with van der Waals surface area (Å²) in [4.78, 5) is 10.8. The second-order valence-corrected chi connectivity index (χ2v) is 6.85. The highest BCUT2D eigenvalue weighted by Gasteiger charge is 2.25. The van der Waals surface area contributed by atoms with E-state index >= 15 is 0 Å². The minimum Gasteiger partial charge on any atom is -0.341 e. The summed E-state index contributed by atoms with van der Waals surface area (Å²) in [6, 6.07) is 0. The van der Waals surface area contributed by atoms with E-state index in [1.165, 1.54) is 7.11 Å². The third-order valence-electron chi connectivity index (χ3n) is 3.69. The molecule has 1 aromatic rings. The molecule has 1 aromatic heterocycles. The molecule has 2 heterocycles. The highest BCUT2D eigenvalue weighted by Crippen LogP contribution is 2.22. The highest BCUT2D eigenvalue weighted by molar-refractivity contribution is 7.86. The smallest absolute Gasteiger partial charge is 0.267 e. The lowest BCUT2D eigenvalue weighted by molar-refractivity contribution is 0.372. The maximum absolute atomic E-state index is 11.4. The predicted octanol–water partition coefficient (Wildman–Crippen LogP) is 1.23. The minimum absolute atomic E-state index is 0.104. The summed E-state index contributed by atoms with van der Waals surface area (Å²) < 4.78 is 27.4. The third kappa shape index (κ3) is 3.89. The van der Waals surface area contributed by atoms with E-state index < -0.39 is 10.1 Å². The molecule has 0 amide bonds. The van der Waals surface area contributed by atoms with Crippen LogP contribution in [-0.4, -0.2) is 44.3 Å². The topological polar surface area (TPSA) is 72.4 Å². The molecule has 112 valence electrons. The summed E-state index contributed by atoms with van der Waals surface area (Å²) in [5, 5.41) is 0. The van der Waals surface area contributed by atoms with Crippen molar-refractivity contribution < 1.29 is 12.6 Å². The fourth-order valence-electron chi connectivity index (χ4n) is 2.35. The second kappa shape index (κ2) is 6.49. The quantitative estimate of drug-likeness (QED) is 0.762. The molecule has 0 N–H and O–H groups in total. The Morgan fingerprint density at radius 3 is 2.40 bits per heavy atom. The predicted molar refractivity (Wildman–Crippen MR) is 77.1 cm³/mol. The van der Waals surface area contributed by atoms with E-state index in [9.17, 15) is 8.42 Å². The molecule has 0 aromatic carbocycles. The molecular formula is C13H21N3O3S. The van der Waals surface area contributed by atoms with E-state index in [4.69, 9.17) is 0 Å². The van der Waals surface area contributed by atoms with Crippen LogP contribution in [0.1, 0.15) is 25.3 Å². The molecule has 6 nitrogen and oxygen atoms in total. The van der Waals surface area contributed by atoms with Gasteiger partial charge in [-0.25, -0.2) is 9.97 Å². The first-order valence-corrected chi connectivity index (χ1v) is 8.46. The van der Waals surface area contributed by atoms with Crippen LogP contribution in [-0.2, 0) is 20.7 Å². The first-order valence-electron chi connectivity index (χ1n) is 6.88. The van der Waals surface area contributed by atoms with Crippen molar-refractivity contribution in [2.45, 2.75) is 26.2 Å². The fourth-order valence-corrected chi connectivity index (χ4v) is 3.40. The summed E-state index contributed by atoms with van der Waals surface area (Å²) in [5.74, 6) is 0.994. The first-order chi connectivity index (χ1) is 9.54. The maximum atomic E-state index is 11.4. The van der Waals surface area contributed by atoms with E-state index in [0.717, 1.165) is 43.9 Å². The maximum Gasteiger partial charge on any atom is 0.267 e. The molecule has 0 radical (unpaired) electrons. The molecule has 0 unspecified atom stereocenters. The Morgan fingerprint density at radius 2 is 1.90 bits per heavy atom. The Hall–Kier alpha value is -1.21. The van der Waals surface area contributed by atoms with Crippen molar-refractivity contribution >= 4 is 16.1 Å². The number of piperidine rings is 1. The summed E-state index contributed by atoms with van der Waals surface area (Å²) in [6.45, 7) is 3.64. The lowest BCUT2D eigenvalue weighted by atomic mass is 9.99. The van der Waals surface area contributed by atoms with E-state index in [-0.39, 0.29) is 11.7 Å². The van der Waals surface area contributed by atoms with Gasteiger partial charge in [0.25, 0.3) is 10.1 Å². The van der Waals surface area contributed by atoms with Gasteiger partial charge in [-0.05, 0) is 30.7 Å². The Bertz CT molecular complexity index is 522. The van der Waals surface area contributed by atoms with Gasteiger partial charge >= 0.3 is 0 Å². The monoisotopic (exact) mass is 299 g/mol. The summed E-state index contributed by atoms with van der Waals surface area (Å²) >= 11 is 0. The van der Waals surface area contributed by atoms with Crippen LogP contribution in [0.15, 0.2) is 12.4 Å². The zero-order valence-electron chi connectivity index (χ0n) is 11.9. The van der Waals surface area contributed by atoms with E-state index in [0.29, 0.717) is 0 Å². The number of nitrogens with zero attached hydrogens (tertiary/aromatic N) is 3. The largest absolute Gasteiger partial charge is 0.341 e. The fraction of sp³-hybridized carbons (Fsp3) is 0.692. The third-order valence-corrected chi connectivity index (χ3v) is 5.08. The Kier molecular flexibility index (Phi) is 4.93. The van der Waals surface area contributed by atoms with Gasteiger partial charge in [0.1, 0.15) is 0 Å². The number of rotatable bonds is 5. The van der Waals surface area contributed by atoms with Gasteiger partial charge in [-0.2, -0.15) is 8.42 Å². The van der Waals surface area contributed by atoms with Crippen molar-refractivity contribution in [3.8, 4) is 0 Å². The molecule has 0 saturated carbocycles. The molecule has 0 bridgehead atoms. The van der Waals surface area contributed by atoms with Gasteiger partial charge in [-0.3, -0.25) is 4.18 Å². The first kappa shape index (κ1) is 15.2. The molecular weight excluding hydrogens is 278 g/mol. The molecule has 1 aliphatic rings. The van der Waals surface area contributed by atoms with Gasteiger partial charge in [0.2, 0.25) is 5.95 Å². The van der Waals surface area contributed by atoms with Gasteiger partial charge in [-0.15, -0.1) is 0 Å². The minimum atomic E-state index is -3.36. The summed E-state index contributed by atoms with van der Waals surface area (Å²) in [5.41, 5.74) is 1.12. The van der Waals surface area contributed by atoms with Crippen LogP contribution in [0, 0.1) is 5.92 Å². The van der Waals surface area contributed by atoms with Crippen LogP contribution in [0.5, 0.6) is 0 Å². The lowest BCUT2D eigenvalue weighted by Gasteiger charge is -2.31. The molecule has 1 aliphatic heterocycles. The van der Waals surface area contributed by atoms with E-state index in [2.05, 4.69) is 26.0 Å². The number of aromatic nitrogens is 2. The van der Waals surface area contributed by atoms with Crippen molar-refractivity contribution in [3.05, 3.63) is 18.0 Å². The molecule has 1 fully saturated rings. The average molecular weight is 299 g/mol. The highest BCUT2D eigenvalue weighted by atomic mass is 32.2. The summed E-state index contributed by atoms with van der Waals surface area (Å²) in [7, 11) is -2.14. The Morgan fingerprint density at radius 1 is 1.30 bits per heavy atom. The molecule has 0 atom stereocenters. The molecule has 0 spiro atoms. The number of anilines is 1. The van der Waals surface area contributed by atoms with Crippen molar-refractivity contribution in [3.63, 3.8) is 0 Å². The van der Waals surface area contributed by atoms with Crippen LogP contribution in [0.2, 0.25) is 0 Å². The Balaban J connectivity index is 1.90. The SMILES string of the molecule is CCc1cnc(N2CCC(CS(=O)(=O)OC)CC2)nc1. The second-order valence-electron chi connectivity index (χ2n) is 5.07. The van der Waals surface area contributed by atoms with E-state index in [1.54, 1.807) is 0 Å². The van der Waals surface area contributed by atoms with Crippen LogP contribution in [0.3, 0.4) is 0 Å². The van der Waals surface area contributed by atoms with Crippen molar-refractivity contribution in [2.75, 3.05) is 30.9 Å². The van der Waals surface area contributed by atoms with Crippen molar-refractivity contribution in [1.29, 1.82) is 0 Å². The Labute approximate surface area is 120 Å². The van der Waals surface area contributed by atoms with Crippen LogP contribution in [0.25, 0.3) is 0 Å². The molecule has 7 heteroatoms. The van der Waals surface area contributed by atoms with Crippen LogP contribution >= 0.6 is 0 Å². The molecule has 0 aliphatic carbocycles. The molecule has 1 saturated heterocycles. The molecule has 20 heavy (non-hydrogen) atoms. The van der Waals surface area contributed by atoms with Crippen molar-refractivity contribution in [2.24, 2.45) is 5.92 Å². The standard InChI is InChI=1S/C13H21N3O3S/c1-3-11-8-14-13(15-9-11)16-6-4-12(5-7-16)10-20(17,18)19-2/h8-9,12H,3-7,10H2,1-2H3. The zero-order valence-corrected chi connectivity index (χ0v) is 12.8. The van der Waals surface area contributed by atoms with Crippen LogP contribution in [0.4, 0.5) is 5.95 Å². The summed E-state index contributed by atoms with van der Waals surface area (Å²) in [6.07, 6.45) is 6.27. The van der Waals surface area contributed by atoms with E-state index in [1.807, 2.05) is 12.4 Å². The van der Waals surface area contributed by atoms with Gasteiger partial charge in [0.05, 0.1) is 12.9 Å². The van der Waals surface area contributed by atoms with Gasteiger partial charge in [0.15, 0.2) is 0 Å². The number of hydrogen-bond acceptors (Lipinski definition) is 6.